The molecule has 0 saturated carbocycles. The predicted molar refractivity (Wildman–Crippen MR) is 118 cm³/mol. The molecule has 2 aromatic rings. The molecular formula is C23H29N3O4. The van der Waals surface area contributed by atoms with E-state index >= 15 is 0 Å². The van der Waals surface area contributed by atoms with Crippen LogP contribution in [0.2, 0.25) is 0 Å². The van der Waals surface area contributed by atoms with Gasteiger partial charge in [0, 0.05) is 30.0 Å². The summed E-state index contributed by atoms with van der Waals surface area (Å²) in [5.41, 5.74) is 2.27. The van der Waals surface area contributed by atoms with Crippen LogP contribution in [0.3, 0.4) is 0 Å². The number of ether oxygens (including phenoxy) is 1. The maximum atomic E-state index is 12.7. The largest absolute Gasteiger partial charge is 0.465 e. The van der Waals surface area contributed by atoms with E-state index in [1.54, 1.807) is 48.5 Å². The van der Waals surface area contributed by atoms with Crippen LogP contribution in [0, 0.1) is 0 Å². The first-order valence-electron chi connectivity index (χ1n) is 10.1. The third-order valence-electron chi connectivity index (χ3n) is 4.43. The van der Waals surface area contributed by atoms with Crippen LogP contribution in [0.5, 0.6) is 0 Å². The Bertz CT molecular complexity index is 859. The van der Waals surface area contributed by atoms with Crippen LogP contribution >= 0.6 is 0 Å². The Labute approximate surface area is 177 Å². The van der Waals surface area contributed by atoms with Crippen molar-refractivity contribution in [1.82, 2.24) is 4.90 Å². The van der Waals surface area contributed by atoms with Crippen molar-refractivity contribution in [2.45, 2.75) is 26.7 Å². The Morgan fingerprint density at radius 1 is 0.900 bits per heavy atom. The lowest BCUT2D eigenvalue weighted by Crippen LogP contribution is -2.32. The van der Waals surface area contributed by atoms with Gasteiger partial charge < -0.3 is 20.3 Å². The second-order valence-electron chi connectivity index (χ2n) is 6.84. The molecule has 0 aliphatic heterocycles. The molecule has 0 heterocycles. The SMILES string of the molecule is CCCN(CCC)C(=O)c1cccc(NC(=O)CNc2ccc(C(=O)OC)cc2)c1. The molecule has 0 atom stereocenters. The summed E-state index contributed by atoms with van der Waals surface area (Å²) in [6.45, 7) is 5.56. The fraction of sp³-hybridized carbons (Fsp3) is 0.348. The van der Waals surface area contributed by atoms with Crippen LogP contribution in [-0.2, 0) is 9.53 Å². The molecule has 0 aliphatic carbocycles. The summed E-state index contributed by atoms with van der Waals surface area (Å²) in [7, 11) is 1.33. The normalized spacial score (nSPS) is 10.2. The second-order valence-corrected chi connectivity index (χ2v) is 6.84. The number of amides is 2. The van der Waals surface area contributed by atoms with Crippen LogP contribution in [0.25, 0.3) is 0 Å². The molecule has 0 radical (unpaired) electrons. The van der Waals surface area contributed by atoms with Crippen LogP contribution < -0.4 is 10.6 Å². The number of nitrogens with one attached hydrogen (secondary N) is 2. The molecule has 2 aromatic carbocycles. The monoisotopic (exact) mass is 411 g/mol. The molecule has 7 heteroatoms. The number of hydrogen-bond donors (Lipinski definition) is 2. The lowest BCUT2D eigenvalue weighted by atomic mass is 10.1. The standard InChI is InChI=1S/C23H29N3O4/c1-4-13-26(14-5-2)22(28)18-7-6-8-20(15-18)25-21(27)16-24-19-11-9-17(10-12-19)23(29)30-3/h6-12,15,24H,4-5,13-14,16H2,1-3H3,(H,25,27). The Morgan fingerprint density at radius 2 is 1.57 bits per heavy atom. The fourth-order valence-corrected chi connectivity index (χ4v) is 3.00. The molecule has 0 spiro atoms. The van der Waals surface area contributed by atoms with Gasteiger partial charge in [-0.15, -0.1) is 0 Å². The van der Waals surface area contributed by atoms with E-state index in [1.807, 2.05) is 18.7 Å². The highest BCUT2D eigenvalue weighted by molar-refractivity contribution is 5.98. The van der Waals surface area contributed by atoms with Gasteiger partial charge in [0.15, 0.2) is 0 Å². The van der Waals surface area contributed by atoms with Gasteiger partial charge in [0.25, 0.3) is 5.91 Å². The molecule has 30 heavy (non-hydrogen) atoms. The number of rotatable bonds is 10. The predicted octanol–water partition coefficient (Wildman–Crippen LogP) is 3.79. The maximum Gasteiger partial charge on any atom is 0.337 e. The highest BCUT2D eigenvalue weighted by atomic mass is 16.5. The molecule has 0 unspecified atom stereocenters. The first-order valence-corrected chi connectivity index (χ1v) is 10.1. The first-order chi connectivity index (χ1) is 14.5. The molecule has 160 valence electrons. The van der Waals surface area contributed by atoms with Crippen LogP contribution in [0.1, 0.15) is 47.4 Å². The zero-order valence-corrected chi connectivity index (χ0v) is 17.7. The Kier molecular flexibility index (Phi) is 8.87. The van der Waals surface area contributed by atoms with E-state index in [4.69, 9.17) is 0 Å². The van der Waals surface area contributed by atoms with E-state index in [2.05, 4.69) is 15.4 Å². The van der Waals surface area contributed by atoms with Crippen molar-refractivity contribution in [3.05, 3.63) is 59.7 Å². The topological polar surface area (TPSA) is 87.7 Å². The summed E-state index contributed by atoms with van der Waals surface area (Å²) in [5, 5.41) is 5.80. The summed E-state index contributed by atoms with van der Waals surface area (Å²) < 4.78 is 4.66. The summed E-state index contributed by atoms with van der Waals surface area (Å²) in [6, 6.07) is 13.6. The van der Waals surface area contributed by atoms with Crippen molar-refractivity contribution in [2.24, 2.45) is 0 Å². The Morgan fingerprint density at radius 3 is 2.17 bits per heavy atom. The second kappa shape index (κ2) is 11.6. The molecule has 7 nitrogen and oxygen atoms in total. The minimum Gasteiger partial charge on any atom is -0.465 e. The van der Waals surface area contributed by atoms with E-state index in [0.717, 1.165) is 12.8 Å². The number of benzene rings is 2. The average molecular weight is 412 g/mol. The molecule has 2 amide bonds. The van der Waals surface area contributed by atoms with Crippen molar-refractivity contribution in [1.29, 1.82) is 0 Å². The minimum atomic E-state index is -0.412. The number of nitrogens with zero attached hydrogens (tertiary/aromatic N) is 1. The lowest BCUT2D eigenvalue weighted by Gasteiger charge is -2.21. The first kappa shape index (κ1) is 22.9. The summed E-state index contributed by atoms with van der Waals surface area (Å²) in [6.07, 6.45) is 1.79. The van der Waals surface area contributed by atoms with Crippen LogP contribution in [0.15, 0.2) is 48.5 Å². The average Bonchev–Trinajstić information content (AvgIpc) is 2.77. The van der Waals surface area contributed by atoms with Crippen molar-refractivity contribution >= 4 is 29.2 Å². The summed E-state index contributed by atoms with van der Waals surface area (Å²) in [4.78, 5) is 38.3. The molecule has 0 bridgehead atoms. The van der Waals surface area contributed by atoms with Gasteiger partial charge in [-0.05, 0) is 55.3 Å². The zero-order chi connectivity index (χ0) is 21.9. The van der Waals surface area contributed by atoms with Gasteiger partial charge in [-0.3, -0.25) is 9.59 Å². The fourth-order valence-electron chi connectivity index (χ4n) is 3.00. The van der Waals surface area contributed by atoms with Crippen LogP contribution in [-0.4, -0.2) is 49.4 Å². The van der Waals surface area contributed by atoms with Crippen molar-refractivity contribution in [3.8, 4) is 0 Å². The van der Waals surface area contributed by atoms with Gasteiger partial charge in [0.2, 0.25) is 5.91 Å². The quantitative estimate of drug-likeness (QED) is 0.581. The van der Waals surface area contributed by atoms with Gasteiger partial charge in [-0.2, -0.15) is 0 Å². The Balaban J connectivity index is 1.94. The number of methoxy groups -OCH3 is 1. The number of esters is 1. The molecule has 2 rings (SSSR count). The summed E-state index contributed by atoms with van der Waals surface area (Å²) >= 11 is 0. The van der Waals surface area contributed by atoms with Crippen molar-refractivity contribution < 1.29 is 19.1 Å². The third-order valence-corrected chi connectivity index (χ3v) is 4.43. The van der Waals surface area contributed by atoms with Gasteiger partial charge in [-0.25, -0.2) is 4.79 Å². The zero-order valence-electron chi connectivity index (χ0n) is 17.7. The van der Waals surface area contributed by atoms with E-state index in [0.29, 0.717) is 35.6 Å². The molecule has 0 aromatic heterocycles. The van der Waals surface area contributed by atoms with E-state index in [-0.39, 0.29) is 18.4 Å². The van der Waals surface area contributed by atoms with E-state index in [9.17, 15) is 14.4 Å². The maximum absolute atomic E-state index is 12.7. The molecule has 0 aliphatic rings. The number of hydrogen-bond acceptors (Lipinski definition) is 5. The number of anilines is 2. The smallest absolute Gasteiger partial charge is 0.337 e. The molecule has 0 fully saturated rings. The molecular weight excluding hydrogens is 382 g/mol. The highest BCUT2D eigenvalue weighted by Gasteiger charge is 2.15. The summed E-state index contributed by atoms with van der Waals surface area (Å²) in [5.74, 6) is -0.681. The van der Waals surface area contributed by atoms with Crippen molar-refractivity contribution in [3.63, 3.8) is 0 Å². The van der Waals surface area contributed by atoms with Gasteiger partial charge >= 0.3 is 5.97 Å². The van der Waals surface area contributed by atoms with Gasteiger partial charge in [0.05, 0.1) is 19.2 Å². The van der Waals surface area contributed by atoms with Crippen LogP contribution in [0.4, 0.5) is 11.4 Å². The lowest BCUT2D eigenvalue weighted by molar-refractivity contribution is -0.114. The molecule has 0 saturated heterocycles. The number of carbonyl (C=O) groups is 3. The van der Waals surface area contributed by atoms with E-state index < -0.39 is 5.97 Å². The number of carbonyl (C=O) groups excluding carboxylic acids is 3. The molecule has 2 N–H and O–H groups in total. The van der Waals surface area contributed by atoms with Crippen molar-refractivity contribution in [2.75, 3.05) is 37.4 Å². The third kappa shape index (κ3) is 6.62. The van der Waals surface area contributed by atoms with Gasteiger partial charge in [0.1, 0.15) is 0 Å². The Hall–Kier alpha value is -3.35. The van der Waals surface area contributed by atoms with Gasteiger partial charge in [-0.1, -0.05) is 19.9 Å². The van der Waals surface area contributed by atoms with E-state index in [1.165, 1.54) is 7.11 Å². The highest BCUT2D eigenvalue weighted by Crippen LogP contribution is 2.14. The minimum absolute atomic E-state index is 0.0291.